The van der Waals surface area contributed by atoms with Gasteiger partial charge in [-0.3, -0.25) is 4.57 Å². The summed E-state index contributed by atoms with van der Waals surface area (Å²) in [5.41, 5.74) is -11.9. The summed E-state index contributed by atoms with van der Waals surface area (Å²) in [4.78, 5) is 4.68. The van der Waals surface area contributed by atoms with Crippen molar-refractivity contribution in [2.75, 3.05) is 0 Å². The van der Waals surface area contributed by atoms with Crippen molar-refractivity contribution in [2.45, 2.75) is 117 Å². The van der Waals surface area contributed by atoms with Crippen LogP contribution in [0.25, 0.3) is 94.5 Å². The maximum Gasteiger partial charge on any atom is 0.268 e. The first-order valence-corrected chi connectivity index (χ1v) is 26.8. The van der Waals surface area contributed by atoms with Crippen LogP contribution >= 0.6 is 0 Å². The average Bonchev–Trinajstić information content (AvgIpc) is 0.907. The molecule has 12 aromatic rings. The third kappa shape index (κ3) is 10.2. The zero-order valence-corrected chi connectivity index (χ0v) is 48.6. The number of ether oxygens (including phenoxy) is 1. The molecule has 0 spiro atoms. The predicted molar refractivity (Wildman–Crippen MR) is 344 cm³/mol. The van der Waals surface area contributed by atoms with E-state index in [1.165, 1.54) is 21.3 Å². The number of benzene rings is 9. The molecule has 0 fully saturated rings. The van der Waals surface area contributed by atoms with E-state index in [4.69, 9.17) is 36.3 Å². The molecule has 0 bridgehead atoms. The number of hydrogen-bond acceptors (Lipinski definition) is 2. The van der Waals surface area contributed by atoms with E-state index < -0.39 is 146 Å². The summed E-state index contributed by atoms with van der Waals surface area (Å²) in [6.45, 7) is -11.7. The van der Waals surface area contributed by atoms with Crippen molar-refractivity contribution in [3.8, 4) is 73.2 Å². The maximum atomic E-state index is 10.5. The van der Waals surface area contributed by atoms with Gasteiger partial charge in [0.2, 0.25) is 0 Å². The Hall–Kier alpha value is -8.11. The molecule has 0 radical (unpaired) electrons. The van der Waals surface area contributed by atoms with Gasteiger partial charge in [0.25, 0.3) is 6.33 Å². The van der Waals surface area contributed by atoms with E-state index in [1.807, 2.05) is 57.2 Å². The largest absolute Gasteiger partial charge is 0.510 e. The van der Waals surface area contributed by atoms with E-state index in [0.29, 0.717) is 38.4 Å². The van der Waals surface area contributed by atoms with Crippen molar-refractivity contribution in [3.63, 3.8) is 0 Å². The summed E-state index contributed by atoms with van der Waals surface area (Å²) in [5.74, 6) is 0.173. The van der Waals surface area contributed by atoms with Crippen molar-refractivity contribution < 1.29 is 71.5 Å². The molecule has 84 heavy (non-hydrogen) atoms. The number of nitrogens with zero attached hydrogens (tertiary/aromatic N) is 4. The standard InChI is InChI=1S/C78H72N4O.Pt/c1-50-40-64(55-22-18-23-58(43-55)76(6,7)8)74(65(41-50)56-30-36-67-68(44-56)78(11,12)39-38-77(67,9)10)81-49-80(72-45-54(31-37-70(72)81)52-28-32-57(33-29-52)75(3,4)5)59-24-19-25-60(46-59)83-61-34-35-63-62-26-16-17-27-69(62)82(71(63)47-61)73-42-51(2)66(48-79-73)53-20-14-13-15-21-53;/h13-37,40-45,48H,38-39H2,1-12H3;/q-2;/i1D3,2D3,9D3,10D3,11D3,12D3,13D,14D,15D,20D,21D,30D,36D,38D2,39D2,44D;. The van der Waals surface area contributed by atoms with E-state index in [-0.39, 0.29) is 88.5 Å². The smallest absolute Gasteiger partial charge is 0.268 e. The first-order chi connectivity index (χ1) is 52.0. The van der Waals surface area contributed by atoms with Crippen LogP contribution in [0.3, 0.4) is 0 Å². The normalized spacial score (nSPS) is 21.3. The Morgan fingerprint density at radius 3 is 2.07 bits per heavy atom. The second kappa shape index (κ2) is 21.2. The second-order valence-electron chi connectivity index (χ2n) is 22.8. The molecule has 9 aromatic carbocycles. The van der Waals surface area contributed by atoms with Crippen LogP contribution in [0.5, 0.6) is 11.5 Å². The molecule has 422 valence electrons. The van der Waals surface area contributed by atoms with E-state index in [2.05, 4.69) is 44.2 Å². The van der Waals surface area contributed by atoms with Crippen LogP contribution in [0, 0.1) is 32.2 Å². The molecule has 0 aliphatic heterocycles. The Bertz CT molecular complexity index is 5850. The van der Waals surface area contributed by atoms with Crippen LogP contribution in [0.15, 0.2) is 194 Å². The maximum absolute atomic E-state index is 10.5. The zero-order chi connectivity index (χ0) is 83.3. The molecule has 1 aliphatic rings. The zero-order valence-electron chi connectivity index (χ0n) is 76.4. The monoisotopic (exact) mass is 1310 g/mol. The van der Waals surface area contributed by atoms with E-state index in [9.17, 15) is 9.60 Å². The molecule has 0 saturated carbocycles. The van der Waals surface area contributed by atoms with Crippen molar-refractivity contribution >= 4 is 32.8 Å². The first-order valence-electron chi connectivity index (χ1n) is 41.8. The number of aromatic nitrogens is 4. The molecule has 3 heterocycles. The molecule has 13 rings (SSSR count). The average molecular weight is 1310 g/mol. The fourth-order valence-electron chi connectivity index (χ4n) is 10.7. The minimum Gasteiger partial charge on any atom is -0.510 e. The summed E-state index contributed by atoms with van der Waals surface area (Å²) >= 11 is 0. The fraction of sp³-hybridized carbons (Fsp3) is 0.231. The second-order valence-corrected chi connectivity index (χ2v) is 22.8. The molecule has 5 nitrogen and oxygen atoms in total. The topological polar surface area (TPSA) is 35.9 Å². The minimum absolute atomic E-state index is 0. The Kier molecular flexibility index (Phi) is 7.86. The van der Waals surface area contributed by atoms with Crippen LogP contribution in [0.1, 0.15) is 156 Å². The van der Waals surface area contributed by atoms with Crippen molar-refractivity contribution in [1.29, 1.82) is 0 Å². The van der Waals surface area contributed by atoms with E-state index in [1.54, 1.807) is 89.5 Å². The number of imidazole rings is 1. The number of pyridine rings is 1. The van der Waals surface area contributed by atoms with Gasteiger partial charge in [0.1, 0.15) is 5.82 Å². The van der Waals surface area contributed by atoms with Gasteiger partial charge in [-0.15, -0.1) is 29.7 Å². The number of para-hydroxylation sites is 1. The molecule has 0 atom stereocenters. The SMILES string of the molecule is [2H]c1c([2H])c([2H])c(-c2cnc(-n3c4[c-]c(Oc5[c-]c(-n6[c-][n+](-c7c(-c8cccc(C(C)(C)C)c8)cc(C([2H])([2H])[2H])cc7-c7c([2H])c([2H])c8c(c7[2H])C(C([2H])([2H])[2H])(C([2H])([2H])[2H])C([2H])([2H])C([2H])([2H])C8(C([2H])([2H])[2H])C([2H])([2H])[2H])c7ccc(-c8ccc(C(C)(C)C)cc8)cc76)ccc5)ccc4c4ccccc43)cc2C([2H])([2H])[2H])c([2H])c1[2H].[Pt]. The van der Waals surface area contributed by atoms with Crippen LogP contribution in [0.4, 0.5) is 0 Å². The third-order valence-electron chi connectivity index (χ3n) is 15.0. The number of hydrogen-bond donors (Lipinski definition) is 0. The molecule has 0 N–H and O–H groups in total. The van der Waals surface area contributed by atoms with Crippen LogP contribution in [-0.2, 0) is 42.7 Å². The van der Waals surface area contributed by atoms with Gasteiger partial charge < -0.3 is 13.9 Å². The van der Waals surface area contributed by atoms with Gasteiger partial charge in [-0.1, -0.05) is 219 Å². The van der Waals surface area contributed by atoms with Gasteiger partial charge in [-0.05, 0) is 144 Å². The molecule has 1 aliphatic carbocycles. The Morgan fingerprint density at radius 1 is 0.595 bits per heavy atom. The Balaban J connectivity index is 0.0000120. The number of fused-ring (bicyclic) bond motifs is 5. The summed E-state index contributed by atoms with van der Waals surface area (Å²) in [6.07, 6.45) is -4.76. The minimum atomic E-state index is -4.68. The van der Waals surface area contributed by atoms with Crippen molar-refractivity contribution in [2.24, 2.45) is 0 Å². The van der Waals surface area contributed by atoms with Crippen LogP contribution in [-0.4, -0.2) is 14.1 Å². The number of aryl methyl sites for hydroxylation is 2. The van der Waals surface area contributed by atoms with E-state index in [0.717, 1.165) is 23.4 Å². The first kappa shape index (κ1) is 31.2. The molecular weight excluding hydrogens is 1200 g/mol. The van der Waals surface area contributed by atoms with Crippen molar-refractivity contribution in [3.05, 3.63) is 246 Å². The van der Waals surface area contributed by atoms with Gasteiger partial charge in [0, 0.05) is 80.0 Å². The van der Waals surface area contributed by atoms with Crippen molar-refractivity contribution in [1.82, 2.24) is 14.1 Å². The van der Waals surface area contributed by atoms with Gasteiger partial charge in [0.05, 0.1) is 27.7 Å². The van der Waals surface area contributed by atoms with Gasteiger partial charge >= 0.3 is 0 Å². The third-order valence-corrected chi connectivity index (χ3v) is 15.0. The quantitative estimate of drug-likeness (QED) is 0.107. The summed E-state index contributed by atoms with van der Waals surface area (Å²) in [6, 6.07) is 37.6. The predicted octanol–water partition coefficient (Wildman–Crippen LogP) is 19.8. The van der Waals surface area contributed by atoms with E-state index >= 15 is 0 Å². The molecular formula is C78H72N4OPt-2. The van der Waals surface area contributed by atoms with Gasteiger partial charge in [-0.2, -0.15) is 18.2 Å². The summed E-state index contributed by atoms with van der Waals surface area (Å²) in [5, 5.41) is 1.29. The van der Waals surface area contributed by atoms with Gasteiger partial charge in [0.15, 0.2) is 0 Å². The molecule has 0 saturated heterocycles. The molecule has 3 aromatic heterocycles. The number of rotatable bonds is 9. The summed E-state index contributed by atoms with van der Waals surface area (Å²) in [7, 11) is 0. The Labute approximate surface area is 553 Å². The van der Waals surface area contributed by atoms with Crippen LogP contribution in [0.2, 0.25) is 0 Å². The van der Waals surface area contributed by atoms with Gasteiger partial charge in [-0.25, -0.2) is 4.98 Å². The fourth-order valence-corrected chi connectivity index (χ4v) is 10.7. The molecule has 0 unspecified atom stereocenters. The van der Waals surface area contributed by atoms with Crippen LogP contribution < -0.4 is 9.30 Å². The molecule has 6 heteroatoms. The Morgan fingerprint density at radius 2 is 1.32 bits per heavy atom. The summed E-state index contributed by atoms with van der Waals surface area (Å²) < 4.78 is 285. The molecule has 0 amide bonds.